The fourth-order valence-corrected chi connectivity index (χ4v) is 4.27. The summed E-state index contributed by atoms with van der Waals surface area (Å²) in [5.74, 6) is 0.587. The van der Waals surface area contributed by atoms with Crippen LogP contribution in [-0.4, -0.2) is 19.2 Å². The van der Waals surface area contributed by atoms with Crippen molar-refractivity contribution >= 4 is 35.0 Å². The molecule has 0 aliphatic carbocycles. The number of carbonyl (C=O) groups is 1. The summed E-state index contributed by atoms with van der Waals surface area (Å²) in [5.41, 5.74) is 3.40. The van der Waals surface area contributed by atoms with Crippen LogP contribution in [0.15, 0.2) is 36.4 Å². The zero-order valence-corrected chi connectivity index (χ0v) is 19.1. The van der Waals surface area contributed by atoms with E-state index in [1.165, 1.54) is 24.8 Å². The van der Waals surface area contributed by atoms with Crippen molar-refractivity contribution in [3.05, 3.63) is 57.6 Å². The molecule has 1 N–H and O–H groups in total. The van der Waals surface area contributed by atoms with Crippen LogP contribution in [0, 0.1) is 0 Å². The Morgan fingerprint density at radius 2 is 1.93 bits per heavy atom. The van der Waals surface area contributed by atoms with Crippen molar-refractivity contribution in [2.75, 3.05) is 18.0 Å². The number of anilines is 1. The predicted molar refractivity (Wildman–Crippen MR) is 125 cm³/mol. The van der Waals surface area contributed by atoms with E-state index in [1.807, 2.05) is 30.3 Å². The monoisotopic (exact) mass is 448 g/mol. The summed E-state index contributed by atoms with van der Waals surface area (Å²) in [4.78, 5) is 14.4. The van der Waals surface area contributed by atoms with E-state index in [0.29, 0.717) is 22.3 Å². The fraction of sp³-hybridized carbons (Fsp3) is 0.458. The summed E-state index contributed by atoms with van der Waals surface area (Å²) in [6, 6.07) is 11.5. The van der Waals surface area contributed by atoms with Crippen LogP contribution in [0.5, 0.6) is 5.75 Å². The molecule has 1 aliphatic heterocycles. The van der Waals surface area contributed by atoms with Crippen LogP contribution in [-0.2, 0) is 13.0 Å². The summed E-state index contributed by atoms with van der Waals surface area (Å²) in [6.07, 6.45) is 7.45. The number of nitrogens with zero attached hydrogens (tertiary/aromatic N) is 1. The van der Waals surface area contributed by atoms with Crippen molar-refractivity contribution < 1.29 is 9.53 Å². The highest BCUT2D eigenvalue weighted by Gasteiger charge is 2.19. The molecule has 1 heterocycles. The lowest BCUT2D eigenvalue weighted by Gasteiger charge is -2.32. The van der Waals surface area contributed by atoms with Crippen LogP contribution in [0.4, 0.5) is 10.5 Å². The number of hydrogen-bond acceptors (Lipinski definition) is 3. The highest BCUT2D eigenvalue weighted by molar-refractivity contribution is 6.35. The Balaban J connectivity index is 1.56. The number of carbonyl (C=O) groups excluding carboxylic acids is 1. The van der Waals surface area contributed by atoms with Crippen LogP contribution < -0.4 is 15.0 Å². The third kappa shape index (κ3) is 6.55. The molecule has 0 atom stereocenters. The summed E-state index contributed by atoms with van der Waals surface area (Å²) >= 11 is 12.4. The number of benzene rings is 2. The molecule has 0 bridgehead atoms. The van der Waals surface area contributed by atoms with Gasteiger partial charge >= 0.3 is 6.09 Å². The lowest BCUT2D eigenvalue weighted by atomic mass is 10.0. The molecule has 1 amide bonds. The van der Waals surface area contributed by atoms with Gasteiger partial charge in [-0.25, -0.2) is 4.79 Å². The predicted octanol–water partition coefficient (Wildman–Crippen LogP) is 7.01. The van der Waals surface area contributed by atoms with Gasteiger partial charge in [-0.2, -0.15) is 0 Å². The first kappa shape index (κ1) is 22.8. The van der Waals surface area contributed by atoms with Crippen LogP contribution in [0.25, 0.3) is 0 Å². The SMILES string of the molecule is CCCCCCCNC(=O)Oc1ccc2c(c1)CCCN2Cc1ccc(Cl)cc1Cl. The zero-order chi connectivity index (χ0) is 21.3. The minimum Gasteiger partial charge on any atom is -0.410 e. The van der Waals surface area contributed by atoms with Gasteiger partial charge in [-0.15, -0.1) is 0 Å². The molecule has 0 aromatic heterocycles. The largest absolute Gasteiger partial charge is 0.412 e. The van der Waals surface area contributed by atoms with E-state index in [9.17, 15) is 4.79 Å². The van der Waals surface area contributed by atoms with E-state index >= 15 is 0 Å². The van der Waals surface area contributed by atoms with E-state index < -0.39 is 0 Å². The number of unbranched alkanes of at least 4 members (excludes halogenated alkanes) is 4. The molecule has 0 saturated carbocycles. The molecule has 2 aromatic rings. The summed E-state index contributed by atoms with van der Waals surface area (Å²) in [6.45, 7) is 4.54. The first-order valence-corrected chi connectivity index (χ1v) is 11.6. The third-order valence-corrected chi connectivity index (χ3v) is 5.99. The molecular weight excluding hydrogens is 419 g/mol. The second-order valence-electron chi connectivity index (χ2n) is 7.78. The summed E-state index contributed by atoms with van der Waals surface area (Å²) in [7, 11) is 0. The zero-order valence-electron chi connectivity index (χ0n) is 17.6. The Labute approximate surface area is 189 Å². The lowest BCUT2D eigenvalue weighted by Crippen LogP contribution is -2.29. The standard InChI is InChI=1S/C24H30Cl2N2O2/c1-2-3-4-5-6-13-27-24(29)30-21-11-12-23-18(15-21)8-7-14-28(23)17-19-9-10-20(25)16-22(19)26/h9-12,15-16H,2-8,13-14,17H2,1H3,(H,27,29). The summed E-state index contributed by atoms with van der Waals surface area (Å²) in [5, 5.41) is 4.17. The van der Waals surface area contributed by atoms with Gasteiger partial charge in [0.2, 0.25) is 0 Å². The van der Waals surface area contributed by atoms with Crippen LogP contribution in [0.1, 0.15) is 56.6 Å². The number of fused-ring (bicyclic) bond motifs is 1. The number of ether oxygens (including phenoxy) is 1. The average Bonchev–Trinajstić information content (AvgIpc) is 2.72. The first-order chi connectivity index (χ1) is 14.6. The smallest absolute Gasteiger partial charge is 0.410 e. The van der Waals surface area contributed by atoms with E-state index in [-0.39, 0.29) is 6.09 Å². The van der Waals surface area contributed by atoms with Crippen molar-refractivity contribution in [3.63, 3.8) is 0 Å². The number of aryl methyl sites for hydroxylation is 1. The highest BCUT2D eigenvalue weighted by Crippen LogP contribution is 2.33. The molecule has 2 aromatic carbocycles. The van der Waals surface area contributed by atoms with E-state index in [1.54, 1.807) is 6.07 Å². The van der Waals surface area contributed by atoms with Crippen molar-refractivity contribution in [2.45, 2.75) is 58.4 Å². The van der Waals surface area contributed by atoms with Gasteiger partial charge in [0.05, 0.1) is 0 Å². The van der Waals surface area contributed by atoms with Crippen LogP contribution in [0.3, 0.4) is 0 Å². The quantitative estimate of drug-likeness (QED) is 0.419. The Bertz CT molecular complexity index is 857. The average molecular weight is 449 g/mol. The van der Waals surface area contributed by atoms with Gasteiger partial charge in [-0.3, -0.25) is 0 Å². The maximum Gasteiger partial charge on any atom is 0.412 e. The Hall–Kier alpha value is -1.91. The second-order valence-corrected chi connectivity index (χ2v) is 8.63. The van der Waals surface area contributed by atoms with Gasteiger partial charge < -0.3 is 15.0 Å². The third-order valence-electron chi connectivity index (χ3n) is 5.40. The molecule has 4 nitrogen and oxygen atoms in total. The number of rotatable bonds is 9. The normalized spacial score (nSPS) is 13.1. The molecule has 30 heavy (non-hydrogen) atoms. The Kier molecular flexibility index (Phi) is 8.71. The van der Waals surface area contributed by atoms with Gasteiger partial charge in [0.25, 0.3) is 0 Å². The van der Waals surface area contributed by atoms with Gasteiger partial charge in [-0.1, -0.05) is 61.9 Å². The van der Waals surface area contributed by atoms with E-state index in [0.717, 1.165) is 50.0 Å². The lowest BCUT2D eigenvalue weighted by molar-refractivity contribution is 0.200. The molecular formula is C24H30Cl2N2O2. The first-order valence-electron chi connectivity index (χ1n) is 10.8. The van der Waals surface area contributed by atoms with Gasteiger partial charge in [-0.05, 0) is 60.7 Å². The van der Waals surface area contributed by atoms with E-state index in [2.05, 4.69) is 17.1 Å². The molecule has 0 fully saturated rings. The number of nitrogens with one attached hydrogen (secondary N) is 1. The maximum absolute atomic E-state index is 12.1. The van der Waals surface area contributed by atoms with E-state index in [4.69, 9.17) is 27.9 Å². The minimum atomic E-state index is -0.383. The van der Waals surface area contributed by atoms with Crippen molar-refractivity contribution in [3.8, 4) is 5.75 Å². The summed E-state index contributed by atoms with van der Waals surface area (Å²) < 4.78 is 5.49. The maximum atomic E-state index is 12.1. The molecule has 0 saturated heterocycles. The molecule has 3 rings (SSSR count). The molecule has 6 heteroatoms. The van der Waals surface area contributed by atoms with Crippen LogP contribution in [0.2, 0.25) is 10.0 Å². The molecule has 0 spiro atoms. The highest BCUT2D eigenvalue weighted by atomic mass is 35.5. The van der Waals surface area contributed by atoms with Crippen molar-refractivity contribution in [1.29, 1.82) is 0 Å². The number of halogens is 2. The fourth-order valence-electron chi connectivity index (χ4n) is 3.80. The van der Waals surface area contributed by atoms with Gasteiger partial charge in [0.15, 0.2) is 0 Å². The Morgan fingerprint density at radius 1 is 1.10 bits per heavy atom. The number of amides is 1. The Morgan fingerprint density at radius 3 is 2.73 bits per heavy atom. The topological polar surface area (TPSA) is 41.6 Å². The molecule has 0 unspecified atom stereocenters. The molecule has 1 aliphatic rings. The van der Waals surface area contributed by atoms with Gasteiger partial charge in [0.1, 0.15) is 5.75 Å². The van der Waals surface area contributed by atoms with Crippen LogP contribution >= 0.6 is 23.2 Å². The molecule has 0 radical (unpaired) electrons. The van der Waals surface area contributed by atoms with Crippen molar-refractivity contribution in [2.24, 2.45) is 0 Å². The second kappa shape index (κ2) is 11.5. The molecule has 162 valence electrons. The van der Waals surface area contributed by atoms with Gasteiger partial charge in [0, 0.05) is 35.4 Å². The number of hydrogen-bond donors (Lipinski definition) is 1. The minimum absolute atomic E-state index is 0.383. The van der Waals surface area contributed by atoms with Crippen molar-refractivity contribution in [1.82, 2.24) is 5.32 Å².